The van der Waals surface area contributed by atoms with Gasteiger partial charge in [0.25, 0.3) is 0 Å². The highest BCUT2D eigenvalue weighted by molar-refractivity contribution is 5.79. The maximum atomic E-state index is 5.57. The van der Waals surface area contributed by atoms with Gasteiger partial charge in [0, 0.05) is 26.7 Å². The number of aliphatic imine (C=N–C) groups is 1. The van der Waals surface area contributed by atoms with Crippen LogP contribution >= 0.6 is 0 Å². The van der Waals surface area contributed by atoms with Gasteiger partial charge in [-0.05, 0) is 31.6 Å². The van der Waals surface area contributed by atoms with Crippen LogP contribution in [-0.2, 0) is 4.74 Å². The van der Waals surface area contributed by atoms with Crippen LogP contribution in [0.1, 0.15) is 38.5 Å². The molecule has 4 nitrogen and oxygen atoms in total. The number of hydrogen-bond donors (Lipinski definition) is 2. The second-order valence-corrected chi connectivity index (χ2v) is 5.10. The minimum absolute atomic E-state index is 0.375. The average molecular weight is 239 g/mol. The van der Waals surface area contributed by atoms with E-state index in [1.54, 1.807) is 0 Å². The van der Waals surface area contributed by atoms with Crippen LogP contribution in [0.15, 0.2) is 4.99 Å². The Bertz CT molecular complexity index is 245. The van der Waals surface area contributed by atoms with E-state index >= 15 is 0 Å². The highest BCUT2D eigenvalue weighted by atomic mass is 16.5. The van der Waals surface area contributed by atoms with E-state index in [9.17, 15) is 0 Å². The van der Waals surface area contributed by atoms with E-state index in [0.717, 1.165) is 31.6 Å². The van der Waals surface area contributed by atoms with Crippen molar-refractivity contribution < 1.29 is 4.74 Å². The van der Waals surface area contributed by atoms with Crippen LogP contribution in [0, 0.1) is 5.92 Å². The van der Waals surface area contributed by atoms with Gasteiger partial charge >= 0.3 is 0 Å². The summed E-state index contributed by atoms with van der Waals surface area (Å²) in [7, 11) is 1.83. The fraction of sp³-hybridized carbons (Fsp3) is 0.923. The fourth-order valence-corrected chi connectivity index (χ4v) is 2.24. The predicted molar refractivity (Wildman–Crippen MR) is 70.3 cm³/mol. The largest absolute Gasteiger partial charge is 0.376 e. The maximum Gasteiger partial charge on any atom is 0.191 e. The molecule has 2 aliphatic rings. The number of rotatable bonds is 6. The van der Waals surface area contributed by atoms with Gasteiger partial charge in [-0.3, -0.25) is 4.99 Å². The zero-order valence-corrected chi connectivity index (χ0v) is 10.9. The Morgan fingerprint density at radius 2 is 2.18 bits per heavy atom. The third-order valence-corrected chi connectivity index (χ3v) is 3.52. The van der Waals surface area contributed by atoms with Crippen LogP contribution in [0.5, 0.6) is 0 Å². The van der Waals surface area contributed by atoms with Crippen LogP contribution in [0.3, 0.4) is 0 Å². The molecule has 0 bridgehead atoms. The fourth-order valence-electron chi connectivity index (χ4n) is 2.24. The molecule has 1 aliphatic carbocycles. The molecule has 98 valence electrons. The molecule has 1 saturated carbocycles. The van der Waals surface area contributed by atoms with Gasteiger partial charge in [-0.15, -0.1) is 0 Å². The molecular formula is C13H25N3O. The quantitative estimate of drug-likeness (QED) is 0.420. The van der Waals surface area contributed by atoms with Gasteiger partial charge in [-0.2, -0.15) is 0 Å². The maximum absolute atomic E-state index is 5.57. The highest BCUT2D eigenvalue weighted by Gasteiger charge is 2.20. The van der Waals surface area contributed by atoms with Gasteiger partial charge in [-0.25, -0.2) is 0 Å². The van der Waals surface area contributed by atoms with E-state index in [-0.39, 0.29) is 0 Å². The monoisotopic (exact) mass is 239 g/mol. The van der Waals surface area contributed by atoms with Crippen molar-refractivity contribution in [3.05, 3.63) is 0 Å². The molecule has 2 rings (SSSR count). The van der Waals surface area contributed by atoms with E-state index in [2.05, 4.69) is 15.6 Å². The van der Waals surface area contributed by atoms with Crippen molar-refractivity contribution >= 4 is 5.96 Å². The molecule has 4 heteroatoms. The molecule has 0 aromatic carbocycles. The highest BCUT2D eigenvalue weighted by Crippen LogP contribution is 2.33. The Hall–Kier alpha value is -0.770. The van der Waals surface area contributed by atoms with E-state index in [4.69, 9.17) is 4.74 Å². The molecule has 17 heavy (non-hydrogen) atoms. The molecule has 0 aromatic rings. The summed E-state index contributed by atoms with van der Waals surface area (Å²) >= 11 is 0. The van der Waals surface area contributed by atoms with Crippen molar-refractivity contribution in [3.63, 3.8) is 0 Å². The van der Waals surface area contributed by atoms with Gasteiger partial charge in [0.2, 0.25) is 0 Å². The SMILES string of the molecule is CN=C(NCCCC1CC1)NCC1CCCO1. The smallest absolute Gasteiger partial charge is 0.191 e. The van der Waals surface area contributed by atoms with Crippen LogP contribution in [0.2, 0.25) is 0 Å². The molecule has 0 radical (unpaired) electrons. The first-order valence-electron chi connectivity index (χ1n) is 6.94. The molecule has 2 fully saturated rings. The minimum Gasteiger partial charge on any atom is -0.376 e. The van der Waals surface area contributed by atoms with E-state index in [0.29, 0.717) is 6.10 Å². The van der Waals surface area contributed by atoms with Crippen LogP contribution in [-0.4, -0.2) is 38.8 Å². The zero-order valence-electron chi connectivity index (χ0n) is 10.9. The Morgan fingerprint density at radius 3 is 2.82 bits per heavy atom. The number of hydrogen-bond acceptors (Lipinski definition) is 2. The molecule has 2 N–H and O–H groups in total. The number of guanidine groups is 1. The Kier molecular flexibility index (Phi) is 5.10. The molecule has 1 heterocycles. The number of nitrogens with zero attached hydrogens (tertiary/aromatic N) is 1. The lowest BCUT2D eigenvalue weighted by atomic mass is 10.2. The summed E-state index contributed by atoms with van der Waals surface area (Å²) < 4.78 is 5.57. The number of ether oxygens (including phenoxy) is 1. The lowest BCUT2D eigenvalue weighted by Crippen LogP contribution is -2.41. The van der Waals surface area contributed by atoms with Gasteiger partial charge in [0.1, 0.15) is 0 Å². The first kappa shape index (κ1) is 12.7. The van der Waals surface area contributed by atoms with Crippen molar-refractivity contribution in [2.24, 2.45) is 10.9 Å². The Balaban J connectivity index is 1.52. The second-order valence-electron chi connectivity index (χ2n) is 5.10. The second kappa shape index (κ2) is 6.84. The predicted octanol–water partition coefficient (Wildman–Crippen LogP) is 1.52. The average Bonchev–Trinajstić information content (AvgIpc) is 3.02. The lowest BCUT2D eigenvalue weighted by Gasteiger charge is -2.14. The van der Waals surface area contributed by atoms with Crippen LogP contribution in [0.25, 0.3) is 0 Å². The molecule has 0 spiro atoms. The number of nitrogens with one attached hydrogen (secondary N) is 2. The van der Waals surface area contributed by atoms with Gasteiger partial charge in [0.15, 0.2) is 5.96 Å². The molecule has 1 unspecified atom stereocenters. The summed E-state index contributed by atoms with van der Waals surface area (Å²) in [6.45, 7) is 2.82. The summed E-state index contributed by atoms with van der Waals surface area (Å²) in [5.41, 5.74) is 0. The third kappa shape index (κ3) is 4.94. The Labute approximate surface area is 104 Å². The summed E-state index contributed by atoms with van der Waals surface area (Å²) in [5.74, 6) is 1.94. The third-order valence-electron chi connectivity index (χ3n) is 3.52. The normalized spacial score (nSPS) is 25.0. The Morgan fingerprint density at radius 1 is 1.29 bits per heavy atom. The zero-order chi connectivity index (χ0) is 11.9. The van der Waals surface area contributed by atoms with Crippen molar-refractivity contribution in [2.45, 2.75) is 44.6 Å². The van der Waals surface area contributed by atoms with Crippen LogP contribution < -0.4 is 10.6 Å². The summed E-state index contributed by atoms with van der Waals surface area (Å²) in [6.07, 6.45) is 8.27. The van der Waals surface area contributed by atoms with E-state index in [1.165, 1.54) is 38.5 Å². The minimum atomic E-state index is 0.375. The molecule has 0 aromatic heterocycles. The first-order chi connectivity index (χ1) is 8.38. The van der Waals surface area contributed by atoms with Gasteiger partial charge in [-0.1, -0.05) is 12.8 Å². The topological polar surface area (TPSA) is 45.7 Å². The van der Waals surface area contributed by atoms with Crippen molar-refractivity contribution in [2.75, 3.05) is 26.7 Å². The van der Waals surface area contributed by atoms with Crippen molar-refractivity contribution in [3.8, 4) is 0 Å². The summed E-state index contributed by atoms with van der Waals surface area (Å²) in [6, 6.07) is 0. The summed E-state index contributed by atoms with van der Waals surface area (Å²) in [5, 5.41) is 6.69. The summed E-state index contributed by atoms with van der Waals surface area (Å²) in [4.78, 5) is 4.22. The van der Waals surface area contributed by atoms with E-state index in [1.807, 2.05) is 7.05 Å². The standard InChI is InChI=1S/C13H25N3O/c1-14-13(15-8-2-4-11-6-7-11)16-10-12-5-3-9-17-12/h11-12H,2-10H2,1H3,(H2,14,15,16). The van der Waals surface area contributed by atoms with Crippen molar-refractivity contribution in [1.82, 2.24) is 10.6 Å². The first-order valence-corrected chi connectivity index (χ1v) is 6.94. The molecular weight excluding hydrogens is 214 g/mol. The van der Waals surface area contributed by atoms with E-state index < -0.39 is 0 Å². The van der Waals surface area contributed by atoms with Gasteiger partial charge < -0.3 is 15.4 Å². The van der Waals surface area contributed by atoms with Crippen molar-refractivity contribution in [1.29, 1.82) is 0 Å². The molecule has 0 amide bonds. The molecule has 1 atom stereocenters. The molecule has 1 saturated heterocycles. The molecule has 1 aliphatic heterocycles. The lowest BCUT2D eigenvalue weighted by molar-refractivity contribution is 0.114. The van der Waals surface area contributed by atoms with Crippen LogP contribution in [0.4, 0.5) is 0 Å². The van der Waals surface area contributed by atoms with Gasteiger partial charge in [0.05, 0.1) is 6.10 Å².